The van der Waals surface area contributed by atoms with Gasteiger partial charge in [0, 0.05) is 0 Å². The van der Waals surface area contributed by atoms with Gasteiger partial charge in [-0.05, 0) is 53.9 Å². The lowest BCUT2D eigenvalue weighted by Crippen LogP contribution is -2.66. The van der Waals surface area contributed by atoms with E-state index >= 15 is 0 Å². The fourth-order valence-electron chi connectivity index (χ4n) is 6.35. The van der Waals surface area contributed by atoms with E-state index in [1.165, 1.54) is 21.7 Å². The lowest BCUT2D eigenvalue weighted by molar-refractivity contribution is 0.359. The van der Waals surface area contributed by atoms with E-state index in [4.69, 9.17) is 4.12 Å². The highest BCUT2D eigenvalue weighted by molar-refractivity contribution is 14.1. The topological polar surface area (TPSA) is 9.23 Å². The Labute approximate surface area is 201 Å². The van der Waals surface area contributed by atoms with Crippen molar-refractivity contribution < 1.29 is 4.12 Å². The number of alkyl halides is 2. The lowest BCUT2D eigenvalue weighted by atomic mass is 10.1. The first-order valence-electron chi connectivity index (χ1n) is 10.9. The van der Waals surface area contributed by atoms with Crippen LogP contribution < -0.4 is 0 Å². The van der Waals surface area contributed by atoms with Crippen LogP contribution in [0.1, 0.15) is 95.9 Å². The predicted molar refractivity (Wildman–Crippen MR) is 148 cm³/mol. The third-order valence-electron chi connectivity index (χ3n) is 7.32. The van der Waals surface area contributed by atoms with Crippen LogP contribution in [0.4, 0.5) is 0 Å². The molecule has 0 aliphatic carbocycles. The second kappa shape index (κ2) is 10.9. The summed E-state index contributed by atoms with van der Waals surface area (Å²) in [6.07, 6.45) is 2.53. The van der Waals surface area contributed by atoms with Crippen LogP contribution >= 0.6 is 45.2 Å². The summed E-state index contributed by atoms with van der Waals surface area (Å²) in [6, 6.07) is 0. The molecule has 0 aromatic rings. The van der Waals surface area contributed by atoms with E-state index in [2.05, 4.69) is 128 Å². The van der Waals surface area contributed by atoms with Crippen molar-refractivity contribution in [3.63, 3.8) is 0 Å². The number of hydrogen-bond donors (Lipinski definition) is 0. The molecule has 0 rings (SSSR count). The molecule has 0 saturated carbocycles. The minimum atomic E-state index is -2.04. The first-order chi connectivity index (χ1) is 12.1. The molecule has 27 heavy (non-hydrogen) atoms. The second-order valence-electron chi connectivity index (χ2n) is 11.0. The SMILES string of the molecule is CC(C)[Si](O[Si](C(C)C)(C(C)C)C(C)(C)CCI)(C(C)C)C(C)(C)CCI. The van der Waals surface area contributed by atoms with Crippen molar-refractivity contribution in [1.82, 2.24) is 0 Å². The predicted octanol–water partition coefficient (Wildman–Crippen LogP) is 9.74. The number of halogens is 2. The van der Waals surface area contributed by atoms with Crippen molar-refractivity contribution in [2.75, 3.05) is 8.86 Å². The average molecular weight is 639 g/mol. The van der Waals surface area contributed by atoms with Crippen molar-refractivity contribution in [2.24, 2.45) is 0 Å². The zero-order valence-corrected chi connectivity index (χ0v) is 26.6. The van der Waals surface area contributed by atoms with Crippen LogP contribution in [0.15, 0.2) is 0 Å². The van der Waals surface area contributed by atoms with Crippen molar-refractivity contribution in [3.05, 3.63) is 0 Å². The van der Waals surface area contributed by atoms with Gasteiger partial charge in [0.1, 0.15) is 0 Å². The molecular formula is C22H48I2OSi2. The highest BCUT2D eigenvalue weighted by atomic mass is 127. The van der Waals surface area contributed by atoms with Crippen molar-refractivity contribution >= 4 is 61.8 Å². The molecule has 0 aromatic heterocycles. The molecule has 0 fully saturated rings. The van der Waals surface area contributed by atoms with Gasteiger partial charge in [-0.1, -0.05) is 128 Å². The molecule has 5 heteroatoms. The van der Waals surface area contributed by atoms with Gasteiger partial charge in [0.15, 0.2) is 16.6 Å². The molecule has 0 aliphatic rings. The van der Waals surface area contributed by atoms with Crippen LogP contribution in [0.25, 0.3) is 0 Å². The number of rotatable bonds is 12. The van der Waals surface area contributed by atoms with E-state index in [0.717, 1.165) is 0 Å². The van der Waals surface area contributed by atoms with E-state index in [9.17, 15) is 0 Å². The Kier molecular flexibility index (Phi) is 11.7. The van der Waals surface area contributed by atoms with Gasteiger partial charge in [-0.2, -0.15) is 0 Å². The molecular weight excluding hydrogens is 590 g/mol. The Morgan fingerprint density at radius 2 is 0.815 bits per heavy atom. The summed E-state index contributed by atoms with van der Waals surface area (Å²) in [5.41, 5.74) is 2.54. The summed E-state index contributed by atoms with van der Waals surface area (Å²) in [4.78, 5) is 0. The Bertz CT molecular complexity index is 390. The van der Waals surface area contributed by atoms with Gasteiger partial charge in [-0.3, -0.25) is 0 Å². The zero-order valence-electron chi connectivity index (χ0n) is 20.3. The molecule has 0 heterocycles. The standard InChI is InChI=1S/C22H48I2OSi2/c1-17(2)26(18(3)4,21(9,10)13-15-23)25-27(19(5)6,20(7)8)22(11,12)14-16-24/h17-20H,13-16H2,1-12H3. The Balaban J connectivity index is 6.81. The Morgan fingerprint density at radius 3 is 0.963 bits per heavy atom. The molecule has 1 nitrogen and oxygen atoms in total. The van der Waals surface area contributed by atoms with Crippen molar-refractivity contribution in [3.8, 4) is 0 Å². The fourth-order valence-corrected chi connectivity index (χ4v) is 28.2. The van der Waals surface area contributed by atoms with Gasteiger partial charge in [0.25, 0.3) is 0 Å². The van der Waals surface area contributed by atoms with Gasteiger partial charge < -0.3 is 4.12 Å². The molecule has 0 radical (unpaired) electrons. The summed E-state index contributed by atoms with van der Waals surface area (Å²) < 4.78 is 10.4. The van der Waals surface area contributed by atoms with Gasteiger partial charge >= 0.3 is 0 Å². The van der Waals surface area contributed by atoms with Crippen LogP contribution in [0, 0.1) is 0 Å². The molecule has 0 bridgehead atoms. The van der Waals surface area contributed by atoms with E-state index in [1.807, 2.05) is 0 Å². The second-order valence-corrected chi connectivity index (χ2v) is 24.4. The normalized spacial score (nSPS) is 14.9. The smallest absolute Gasteiger partial charge is 0.190 e. The molecule has 164 valence electrons. The Morgan fingerprint density at radius 1 is 0.593 bits per heavy atom. The summed E-state index contributed by atoms with van der Waals surface area (Å²) in [7, 11) is -4.09. The van der Waals surface area contributed by atoms with E-state index in [-0.39, 0.29) is 0 Å². The summed E-state index contributed by atoms with van der Waals surface area (Å²) in [5.74, 6) is 0. The van der Waals surface area contributed by atoms with Gasteiger partial charge in [0.05, 0.1) is 0 Å². The number of hydrogen-bond acceptors (Lipinski definition) is 1. The van der Waals surface area contributed by atoms with Gasteiger partial charge in [-0.15, -0.1) is 0 Å². The van der Waals surface area contributed by atoms with Gasteiger partial charge in [-0.25, -0.2) is 0 Å². The minimum absolute atomic E-state index is 0.291. The maximum Gasteiger partial charge on any atom is 0.190 e. The monoisotopic (exact) mass is 638 g/mol. The van der Waals surface area contributed by atoms with Crippen LogP contribution in [0.3, 0.4) is 0 Å². The van der Waals surface area contributed by atoms with Crippen molar-refractivity contribution in [2.45, 2.75) is 128 Å². The van der Waals surface area contributed by atoms with Crippen molar-refractivity contribution in [1.29, 1.82) is 0 Å². The largest absolute Gasteiger partial charge is 0.453 e. The molecule has 0 unspecified atom stereocenters. The van der Waals surface area contributed by atoms with E-state index in [1.54, 1.807) is 0 Å². The van der Waals surface area contributed by atoms with Gasteiger partial charge in [0.2, 0.25) is 0 Å². The first-order valence-corrected chi connectivity index (χ1v) is 18.1. The summed E-state index contributed by atoms with van der Waals surface area (Å²) >= 11 is 5.14. The quantitative estimate of drug-likeness (QED) is 0.118. The van der Waals surface area contributed by atoms with E-state index in [0.29, 0.717) is 32.2 Å². The third-order valence-corrected chi connectivity index (χ3v) is 22.7. The lowest BCUT2D eigenvalue weighted by Gasteiger charge is -2.60. The highest BCUT2D eigenvalue weighted by Crippen LogP contribution is 2.61. The molecule has 0 atom stereocenters. The highest BCUT2D eigenvalue weighted by Gasteiger charge is 2.62. The minimum Gasteiger partial charge on any atom is -0.453 e. The fraction of sp³-hybridized carbons (Fsp3) is 1.00. The summed E-state index contributed by atoms with van der Waals surface area (Å²) in [6.45, 7) is 29.8. The molecule has 0 spiro atoms. The molecule has 0 amide bonds. The first kappa shape index (κ1) is 28.9. The Hall–Kier alpha value is 1.85. The third kappa shape index (κ3) is 5.56. The van der Waals surface area contributed by atoms with Crippen LogP contribution in [0.2, 0.25) is 32.2 Å². The zero-order chi connectivity index (χ0) is 21.8. The molecule has 0 aromatic carbocycles. The molecule has 0 saturated heterocycles. The average Bonchev–Trinajstić information content (AvgIpc) is 2.45. The molecule has 0 aliphatic heterocycles. The maximum absolute atomic E-state index is 7.98. The van der Waals surface area contributed by atoms with Crippen LogP contribution in [-0.4, -0.2) is 25.5 Å². The van der Waals surface area contributed by atoms with Crippen LogP contribution in [0.5, 0.6) is 0 Å². The molecule has 0 N–H and O–H groups in total. The maximum atomic E-state index is 7.98. The van der Waals surface area contributed by atoms with Crippen LogP contribution in [-0.2, 0) is 4.12 Å². The van der Waals surface area contributed by atoms with E-state index < -0.39 is 16.6 Å². The summed E-state index contributed by atoms with van der Waals surface area (Å²) in [5, 5.41) is 0.581.